The Bertz CT molecular complexity index is 898. The first kappa shape index (κ1) is 23.7. The molecule has 3 aliphatic rings. The normalized spacial score (nSPS) is 28.2. The first-order valence-electron chi connectivity index (χ1n) is 12.3. The van der Waals surface area contributed by atoms with E-state index in [4.69, 9.17) is 4.74 Å². The number of piperidine rings is 2. The highest BCUT2D eigenvalue weighted by Gasteiger charge is 2.37. The molecule has 1 unspecified atom stereocenters. The molecule has 0 aromatic heterocycles. The number of hydrogen-bond donors (Lipinski definition) is 2. The molecule has 1 atom stereocenters. The second-order valence-corrected chi connectivity index (χ2v) is 10.5. The van der Waals surface area contributed by atoms with Gasteiger partial charge in [-0.25, -0.2) is 0 Å². The Labute approximate surface area is 195 Å². The summed E-state index contributed by atoms with van der Waals surface area (Å²) in [6, 6.07) is 5.94. The quantitative estimate of drug-likeness (QED) is 0.635. The fraction of sp³-hybridized carbons (Fsp3) is 0.654. The Morgan fingerprint density at radius 3 is 2.45 bits per heavy atom. The number of carboxylic acid groups (broad SMARTS) is 1. The predicted molar refractivity (Wildman–Crippen MR) is 124 cm³/mol. The zero-order chi connectivity index (χ0) is 23.6. The van der Waals surface area contributed by atoms with Gasteiger partial charge in [0.15, 0.2) is 0 Å². The third kappa shape index (κ3) is 5.57. The van der Waals surface area contributed by atoms with Gasteiger partial charge in [-0.2, -0.15) is 0 Å². The van der Waals surface area contributed by atoms with Crippen LogP contribution < -0.4 is 10.1 Å². The molecule has 1 aliphatic carbocycles. The van der Waals surface area contributed by atoms with Crippen molar-refractivity contribution in [2.24, 2.45) is 11.3 Å². The van der Waals surface area contributed by atoms with Crippen molar-refractivity contribution in [3.05, 3.63) is 29.3 Å². The molecular formula is C26H36N2O5. The number of likely N-dealkylation sites (tertiary alicyclic amines) is 1. The standard InChI is InChI=1S/C26H36N2O5/c1-17-15-19(21-8-10-23(29)27-24(21)30)5-9-22(17)33-20-6-3-18(4-7-20)16-28-13-11-26(2,12-14-28)25(31)32/h5,9,15,18,20-21H,3-4,6-8,10-14,16H2,1-2H3,(H,31,32)(H,27,29,30). The molecule has 7 nitrogen and oxygen atoms in total. The van der Waals surface area contributed by atoms with Crippen molar-refractivity contribution < 1.29 is 24.2 Å². The Hall–Kier alpha value is -2.41. The molecule has 7 heteroatoms. The molecule has 1 aromatic rings. The van der Waals surface area contributed by atoms with Crippen LogP contribution in [0, 0.1) is 18.3 Å². The molecular weight excluding hydrogens is 420 g/mol. The zero-order valence-corrected chi connectivity index (χ0v) is 19.8. The number of carbonyl (C=O) groups excluding carboxylic acids is 2. The van der Waals surface area contributed by atoms with Gasteiger partial charge in [-0.3, -0.25) is 19.7 Å². The smallest absolute Gasteiger partial charge is 0.309 e. The largest absolute Gasteiger partial charge is 0.490 e. The lowest BCUT2D eigenvalue weighted by atomic mass is 9.79. The van der Waals surface area contributed by atoms with Crippen molar-refractivity contribution in [2.75, 3.05) is 19.6 Å². The fourth-order valence-corrected chi connectivity index (χ4v) is 5.45. The monoisotopic (exact) mass is 456 g/mol. The van der Waals surface area contributed by atoms with Gasteiger partial charge in [0, 0.05) is 13.0 Å². The summed E-state index contributed by atoms with van der Waals surface area (Å²) in [7, 11) is 0. The summed E-state index contributed by atoms with van der Waals surface area (Å²) in [5.41, 5.74) is 1.40. The summed E-state index contributed by atoms with van der Waals surface area (Å²) < 4.78 is 6.33. The van der Waals surface area contributed by atoms with E-state index in [-0.39, 0.29) is 23.8 Å². The second-order valence-electron chi connectivity index (χ2n) is 10.5. The molecule has 0 bridgehead atoms. The first-order chi connectivity index (χ1) is 15.7. The molecule has 3 fully saturated rings. The molecule has 4 rings (SSSR count). The van der Waals surface area contributed by atoms with E-state index < -0.39 is 11.4 Å². The van der Waals surface area contributed by atoms with Gasteiger partial charge in [0.05, 0.1) is 17.4 Å². The lowest BCUT2D eigenvalue weighted by molar-refractivity contribution is -0.150. The third-order valence-electron chi connectivity index (χ3n) is 7.92. The zero-order valence-electron chi connectivity index (χ0n) is 19.8. The number of carbonyl (C=O) groups is 3. The average Bonchev–Trinajstić information content (AvgIpc) is 2.78. The van der Waals surface area contributed by atoms with Crippen molar-refractivity contribution in [3.8, 4) is 5.75 Å². The van der Waals surface area contributed by atoms with Crippen LogP contribution in [0.5, 0.6) is 5.75 Å². The maximum absolute atomic E-state index is 12.2. The van der Waals surface area contributed by atoms with Gasteiger partial charge in [0.1, 0.15) is 5.75 Å². The molecule has 1 saturated carbocycles. The van der Waals surface area contributed by atoms with Crippen LogP contribution >= 0.6 is 0 Å². The number of aliphatic carboxylic acids is 1. The van der Waals surface area contributed by atoms with Gasteiger partial charge >= 0.3 is 5.97 Å². The Kier molecular flexibility index (Phi) is 7.07. The second kappa shape index (κ2) is 9.84. The van der Waals surface area contributed by atoms with Crippen LogP contribution in [0.25, 0.3) is 0 Å². The maximum atomic E-state index is 12.2. The molecule has 33 heavy (non-hydrogen) atoms. The first-order valence-corrected chi connectivity index (χ1v) is 12.3. The van der Waals surface area contributed by atoms with Crippen molar-refractivity contribution in [1.82, 2.24) is 10.2 Å². The molecule has 1 aromatic carbocycles. The summed E-state index contributed by atoms with van der Waals surface area (Å²) in [5, 5.41) is 11.8. The number of imide groups is 1. The van der Waals surface area contributed by atoms with Crippen LogP contribution in [0.1, 0.15) is 75.3 Å². The van der Waals surface area contributed by atoms with Crippen LogP contribution in [0.15, 0.2) is 18.2 Å². The number of benzene rings is 1. The molecule has 2 saturated heterocycles. The van der Waals surface area contributed by atoms with Crippen LogP contribution in [0.2, 0.25) is 0 Å². The minimum Gasteiger partial charge on any atom is -0.490 e. The highest BCUT2D eigenvalue weighted by Crippen LogP contribution is 2.35. The fourth-order valence-electron chi connectivity index (χ4n) is 5.45. The van der Waals surface area contributed by atoms with Crippen LogP contribution in [0.3, 0.4) is 0 Å². The van der Waals surface area contributed by atoms with E-state index in [1.807, 2.05) is 32.0 Å². The lowest BCUT2D eigenvalue weighted by Crippen LogP contribution is -2.44. The number of nitrogens with one attached hydrogen (secondary N) is 1. The number of nitrogens with zero attached hydrogens (tertiary/aromatic N) is 1. The van der Waals surface area contributed by atoms with E-state index in [2.05, 4.69) is 10.2 Å². The van der Waals surface area contributed by atoms with Gasteiger partial charge in [-0.15, -0.1) is 0 Å². The molecule has 180 valence electrons. The highest BCUT2D eigenvalue weighted by atomic mass is 16.5. The summed E-state index contributed by atoms with van der Waals surface area (Å²) in [4.78, 5) is 37.4. The number of ether oxygens (including phenoxy) is 1. The van der Waals surface area contributed by atoms with Crippen LogP contribution in [-0.2, 0) is 14.4 Å². The van der Waals surface area contributed by atoms with Gasteiger partial charge in [-0.1, -0.05) is 12.1 Å². The minimum atomic E-state index is -0.666. The van der Waals surface area contributed by atoms with Crippen LogP contribution in [0.4, 0.5) is 0 Å². The maximum Gasteiger partial charge on any atom is 0.309 e. The molecule has 2 N–H and O–H groups in total. The van der Waals surface area contributed by atoms with Crippen molar-refractivity contribution in [2.45, 2.75) is 77.2 Å². The number of carboxylic acids is 1. The van der Waals surface area contributed by atoms with E-state index >= 15 is 0 Å². The van der Waals surface area contributed by atoms with Gasteiger partial charge in [0.2, 0.25) is 11.8 Å². The number of aryl methyl sites for hydroxylation is 1. The van der Waals surface area contributed by atoms with E-state index in [9.17, 15) is 19.5 Å². The SMILES string of the molecule is Cc1cc(C2CCC(=O)NC2=O)ccc1OC1CCC(CN2CCC(C)(C(=O)O)CC2)CC1. The number of hydrogen-bond acceptors (Lipinski definition) is 5. The Balaban J connectivity index is 1.24. The van der Waals surface area contributed by atoms with E-state index in [0.717, 1.165) is 75.0 Å². The minimum absolute atomic E-state index is 0.192. The highest BCUT2D eigenvalue weighted by molar-refractivity contribution is 6.00. The third-order valence-corrected chi connectivity index (χ3v) is 7.92. The average molecular weight is 457 g/mol. The topological polar surface area (TPSA) is 95.9 Å². The van der Waals surface area contributed by atoms with Gasteiger partial charge in [0.25, 0.3) is 0 Å². The predicted octanol–water partition coefficient (Wildman–Crippen LogP) is 3.64. The Morgan fingerprint density at radius 1 is 1.15 bits per heavy atom. The molecule has 0 radical (unpaired) electrons. The van der Waals surface area contributed by atoms with Gasteiger partial charge < -0.3 is 14.7 Å². The van der Waals surface area contributed by atoms with E-state index in [0.29, 0.717) is 18.8 Å². The summed E-state index contributed by atoms with van der Waals surface area (Å²) in [6.07, 6.45) is 6.92. The van der Waals surface area contributed by atoms with Crippen molar-refractivity contribution >= 4 is 17.8 Å². The summed E-state index contributed by atoms with van der Waals surface area (Å²) in [5.74, 6) is 0.185. The molecule has 2 aliphatic heterocycles. The van der Waals surface area contributed by atoms with Crippen LogP contribution in [-0.4, -0.2) is 53.5 Å². The summed E-state index contributed by atoms with van der Waals surface area (Å²) >= 11 is 0. The Morgan fingerprint density at radius 2 is 1.85 bits per heavy atom. The lowest BCUT2D eigenvalue weighted by Gasteiger charge is -2.39. The number of rotatable bonds is 6. The van der Waals surface area contributed by atoms with Crippen molar-refractivity contribution in [3.63, 3.8) is 0 Å². The van der Waals surface area contributed by atoms with Gasteiger partial charge in [-0.05, 0) is 95.0 Å². The molecule has 2 amide bonds. The molecule has 0 spiro atoms. The van der Waals surface area contributed by atoms with Crippen molar-refractivity contribution in [1.29, 1.82) is 0 Å². The number of amides is 2. The van der Waals surface area contributed by atoms with E-state index in [1.165, 1.54) is 0 Å². The molecule has 2 heterocycles. The van der Waals surface area contributed by atoms with E-state index in [1.54, 1.807) is 0 Å². The summed E-state index contributed by atoms with van der Waals surface area (Å²) in [6.45, 7) is 6.68.